The summed E-state index contributed by atoms with van der Waals surface area (Å²) in [6.07, 6.45) is 0.740. The van der Waals surface area contributed by atoms with Crippen molar-refractivity contribution in [3.05, 3.63) is 52.5 Å². The maximum atomic E-state index is 12.7. The van der Waals surface area contributed by atoms with Crippen LogP contribution in [0.25, 0.3) is 0 Å². The number of nitrogens with one attached hydrogen (secondary N) is 2. The molecule has 2 aromatic rings. The molecule has 0 spiro atoms. The van der Waals surface area contributed by atoms with Gasteiger partial charge in [0.2, 0.25) is 5.91 Å². The zero-order chi connectivity index (χ0) is 15.8. The molecule has 0 aliphatic rings. The van der Waals surface area contributed by atoms with Crippen molar-refractivity contribution in [2.75, 3.05) is 12.3 Å². The highest BCUT2D eigenvalue weighted by molar-refractivity contribution is 8.00. The van der Waals surface area contributed by atoms with Crippen molar-refractivity contribution in [2.24, 2.45) is 0 Å². The van der Waals surface area contributed by atoms with Crippen LogP contribution in [-0.4, -0.2) is 24.2 Å². The van der Waals surface area contributed by atoms with Gasteiger partial charge < -0.3 is 5.32 Å². The Labute approximate surface area is 136 Å². The molecule has 7 heteroatoms. The van der Waals surface area contributed by atoms with E-state index in [4.69, 9.17) is 0 Å². The zero-order valence-corrected chi connectivity index (χ0v) is 13.3. The molecule has 0 aliphatic heterocycles. The summed E-state index contributed by atoms with van der Waals surface area (Å²) >= 11 is 2.87. The summed E-state index contributed by atoms with van der Waals surface area (Å²) < 4.78 is 12.7. The largest absolute Gasteiger partial charge is 0.337 e. The van der Waals surface area contributed by atoms with Gasteiger partial charge >= 0.3 is 6.03 Å². The second-order valence-corrected chi connectivity index (χ2v) is 6.46. The summed E-state index contributed by atoms with van der Waals surface area (Å²) in [5.41, 5.74) is 0. The van der Waals surface area contributed by atoms with Gasteiger partial charge in [0.25, 0.3) is 0 Å². The molecule has 3 amide bonds. The van der Waals surface area contributed by atoms with E-state index >= 15 is 0 Å². The summed E-state index contributed by atoms with van der Waals surface area (Å²) in [6, 6.07) is 9.30. The SMILES string of the molecule is O=C(CSc1ccc(F)cc1)NC(=O)NCCc1cccs1. The molecule has 116 valence electrons. The van der Waals surface area contributed by atoms with Crippen LogP contribution in [0.1, 0.15) is 4.88 Å². The summed E-state index contributed by atoms with van der Waals surface area (Å²) in [5, 5.41) is 6.87. The van der Waals surface area contributed by atoms with Crippen LogP contribution in [0.2, 0.25) is 0 Å². The predicted octanol–water partition coefficient (Wildman–Crippen LogP) is 3.05. The number of imide groups is 1. The van der Waals surface area contributed by atoms with Crippen molar-refractivity contribution in [3.63, 3.8) is 0 Å². The fraction of sp³-hybridized carbons (Fsp3) is 0.200. The molecule has 0 saturated heterocycles. The van der Waals surface area contributed by atoms with Gasteiger partial charge in [0.05, 0.1) is 5.75 Å². The van der Waals surface area contributed by atoms with Crippen LogP contribution in [0.4, 0.5) is 9.18 Å². The number of carbonyl (C=O) groups excluding carboxylic acids is 2. The zero-order valence-electron chi connectivity index (χ0n) is 11.7. The molecule has 1 heterocycles. The van der Waals surface area contributed by atoms with Crippen LogP contribution < -0.4 is 10.6 Å². The van der Waals surface area contributed by atoms with E-state index in [1.165, 1.54) is 28.8 Å². The Bertz CT molecular complexity index is 615. The Morgan fingerprint density at radius 1 is 1.18 bits per heavy atom. The monoisotopic (exact) mass is 338 g/mol. The first-order valence-electron chi connectivity index (χ1n) is 6.62. The lowest BCUT2D eigenvalue weighted by atomic mass is 10.3. The van der Waals surface area contributed by atoms with Gasteiger partial charge in [-0.2, -0.15) is 0 Å². The van der Waals surface area contributed by atoms with Crippen LogP contribution in [0.5, 0.6) is 0 Å². The van der Waals surface area contributed by atoms with Crippen LogP contribution in [0.15, 0.2) is 46.7 Å². The number of amides is 3. The van der Waals surface area contributed by atoms with Gasteiger partial charge in [-0.15, -0.1) is 23.1 Å². The quantitative estimate of drug-likeness (QED) is 0.796. The van der Waals surface area contributed by atoms with E-state index in [2.05, 4.69) is 10.6 Å². The van der Waals surface area contributed by atoms with Gasteiger partial charge in [0.15, 0.2) is 0 Å². The van der Waals surface area contributed by atoms with Crippen LogP contribution in [-0.2, 0) is 11.2 Å². The normalized spacial score (nSPS) is 10.2. The van der Waals surface area contributed by atoms with Crippen molar-refractivity contribution in [2.45, 2.75) is 11.3 Å². The second kappa shape index (κ2) is 8.55. The van der Waals surface area contributed by atoms with Crippen molar-refractivity contribution in [1.82, 2.24) is 10.6 Å². The molecule has 0 aliphatic carbocycles. The van der Waals surface area contributed by atoms with Crippen molar-refractivity contribution < 1.29 is 14.0 Å². The van der Waals surface area contributed by atoms with E-state index in [-0.39, 0.29) is 17.5 Å². The third-order valence-corrected chi connectivity index (χ3v) is 4.62. The van der Waals surface area contributed by atoms with E-state index in [0.717, 1.165) is 11.3 Å². The molecule has 2 rings (SSSR count). The first-order valence-corrected chi connectivity index (χ1v) is 8.48. The average Bonchev–Trinajstić information content (AvgIpc) is 3.00. The standard InChI is InChI=1S/C15H15FN2O2S2/c16-11-3-5-13(6-4-11)22-10-14(19)18-15(20)17-8-7-12-2-1-9-21-12/h1-6,9H,7-8,10H2,(H2,17,18,19,20). The van der Waals surface area contributed by atoms with Gasteiger partial charge in [-0.25, -0.2) is 9.18 Å². The third-order valence-electron chi connectivity index (χ3n) is 2.67. The number of thioether (sulfide) groups is 1. The van der Waals surface area contributed by atoms with E-state index in [0.29, 0.717) is 6.54 Å². The van der Waals surface area contributed by atoms with Crippen LogP contribution >= 0.6 is 23.1 Å². The lowest BCUT2D eigenvalue weighted by Gasteiger charge is -2.06. The molecule has 0 bridgehead atoms. The first-order chi connectivity index (χ1) is 10.6. The molecule has 0 saturated carbocycles. The molecule has 1 aromatic heterocycles. The van der Waals surface area contributed by atoms with E-state index in [9.17, 15) is 14.0 Å². The Balaban J connectivity index is 1.63. The maximum absolute atomic E-state index is 12.7. The van der Waals surface area contributed by atoms with Gasteiger partial charge in [-0.3, -0.25) is 10.1 Å². The molecule has 0 fully saturated rings. The predicted molar refractivity (Wildman–Crippen MR) is 86.7 cm³/mol. The van der Waals surface area contributed by atoms with Gasteiger partial charge in [-0.05, 0) is 42.1 Å². The number of benzene rings is 1. The third kappa shape index (κ3) is 5.87. The lowest BCUT2D eigenvalue weighted by molar-refractivity contribution is -0.117. The molecule has 1 aromatic carbocycles. The molecule has 0 atom stereocenters. The number of rotatable bonds is 6. The topological polar surface area (TPSA) is 58.2 Å². The van der Waals surface area contributed by atoms with Gasteiger partial charge in [0.1, 0.15) is 5.82 Å². The fourth-order valence-corrected chi connectivity index (χ4v) is 3.05. The molecular weight excluding hydrogens is 323 g/mol. The minimum atomic E-state index is -0.499. The molecule has 22 heavy (non-hydrogen) atoms. The Morgan fingerprint density at radius 3 is 2.64 bits per heavy atom. The van der Waals surface area contributed by atoms with E-state index in [1.807, 2.05) is 17.5 Å². The summed E-state index contributed by atoms with van der Waals surface area (Å²) in [4.78, 5) is 25.1. The molecule has 0 radical (unpaired) electrons. The molecular formula is C15H15FN2O2S2. The Morgan fingerprint density at radius 2 is 1.95 bits per heavy atom. The number of hydrogen-bond acceptors (Lipinski definition) is 4. The number of hydrogen-bond donors (Lipinski definition) is 2. The van der Waals surface area contributed by atoms with Crippen LogP contribution in [0, 0.1) is 5.82 Å². The number of thiophene rings is 1. The highest BCUT2D eigenvalue weighted by Gasteiger charge is 2.08. The van der Waals surface area contributed by atoms with Gasteiger partial charge in [-0.1, -0.05) is 6.07 Å². The summed E-state index contributed by atoms with van der Waals surface area (Å²) in [5.74, 6) is -0.605. The molecule has 2 N–H and O–H groups in total. The minimum absolute atomic E-state index is 0.101. The fourth-order valence-electron chi connectivity index (χ4n) is 1.64. The lowest BCUT2D eigenvalue weighted by Crippen LogP contribution is -2.41. The highest BCUT2D eigenvalue weighted by Crippen LogP contribution is 2.17. The number of carbonyl (C=O) groups is 2. The second-order valence-electron chi connectivity index (χ2n) is 4.38. The summed E-state index contributed by atoms with van der Waals surface area (Å²) in [7, 11) is 0. The van der Waals surface area contributed by atoms with Crippen molar-refractivity contribution in [3.8, 4) is 0 Å². The van der Waals surface area contributed by atoms with E-state index < -0.39 is 6.03 Å². The average molecular weight is 338 g/mol. The number of urea groups is 1. The Hall–Kier alpha value is -1.86. The highest BCUT2D eigenvalue weighted by atomic mass is 32.2. The summed E-state index contributed by atoms with van der Waals surface area (Å²) in [6.45, 7) is 0.477. The van der Waals surface area contributed by atoms with E-state index in [1.54, 1.807) is 23.5 Å². The van der Waals surface area contributed by atoms with Crippen LogP contribution in [0.3, 0.4) is 0 Å². The maximum Gasteiger partial charge on any atom is 0.321 e. The molecule has 0 unspecified atom stereocenters. The van der Waals surface area contributed by atoms with Crippen molar-refractivity contribution >= 4 is 35.0 Å². The van der Waals surface area contributed by atoms with Gasteiger partial charge in [0, 0.05) is 16.3 Å². The number of halogens is 1. The van der Waals surface area contributed by atoms with Crippen molar-refractivity contribution in [1.29, 1.82) is 0 Å². The smallest absolute Gasteiger partial charge is 0.321 e. The minimum Gasteiger partial charge on any atom is -0.337 e. The first kappa shape index (κ1) is 16.5. The molecule has 4 nitrogen and oxygen atoms in total. The Kier molecular flexibility index (Phi) is 6.42.